The number of halogens is 3. The summed E-state index contributed by atoms with van der Waals surface area (Å²) in [5, 5.41) is 0. The van der Waals surface area contributed by atoms with Gasteiger partial charge in [-0.2, -0.15) is 13.2 Å². The fourth-order valence-electron chi connectivity index (χ4n) is 4.41. The summed E-state index contributed by atoms with van der Waals surface area (Å²) in [4.78, 5) is 25.6. The van der Waals surface area contributed by atoms with E-state index in [1.165, 1.54) is 17.7 Å². The number of ether oxygens (including phenoxy) is 1. The highest BCUT2D eigenvalue weighted by atomic mass is 19.4. The van der Waals surface area contributed by atoms with Crippen LogP contribution in [-0.4, -0.2) is 31.2 Å². The van der Waals surface area contributed by atoms with E-state index in [-0.39, 0.29) is 5.56 Å². The number of nitrogens with zero attached hydrogens (tertiary/aromatic N) is 1. The molecule has 0 spiro atoms. The Labute approximate surface area is 201 Å². The molecule has 35 heavy (non-hydrogen) atoms. The van der Waals surface area contributed by atoms with Gasteiger partial charge in [-0.1, -0.05) is 60.7 Å². The van der Waals surface area contributed by atoms with E-state index in [2.05, 4.69) is 21.8 Å². The summed E-state index contributed by atoms with van der Waals surface area (Å²) in [5.74, 6) is -3.51. The van der Waals surface area contributed by atoms with Crippen molar-refractivity contribution >= 4 is 17.6 Å². The van der Waals surface area contributed by atoms with Crippen molar-refractivity contribution < 1.29 is 27.5 Å². The molecule has 3 aromatic carbocycles. The Morgan fingerprint density at radius 2 is 1.66 bits per heavy atom. The topological polar surface area (TPSA) is 72.6 Å². The number of piperidine rings is 1. The monoisotopic (exact) mass is 482 g/mol. The third-order valence-corrected chi connectivity index (χ3v) is 6.23. The van der Waals surface area contributed by atoms with Gasteiger partial charge in [0.25, 0.3) is 0 Å². The second kappa shape index (κ2) is 10.3. The van der Waals surface area contributed by atoms with Gasteiger partial charge in [0.05, 0.1) is 5.56 Å². The number of hydrogen-bond donors (Lipinski definition) is 1. The Kier molecular flexibility index (Phi) is 7.21. The fraction of sp³-hybridized carbons (Fsp3) is 0.259. The molecule has 2 N–H and O–H groups in total. The van der Waals surface area contributed by atoms with Crippen LogP contribution < -0.4 is 10.6 Å². The maximum Gasteiger partial charge on any atom is 0.491 e. The largest absolute Gasteiger partial charge is 0.491 e. The Morgan fingerprint density at radius 3 is 2.31 bits per heavy atom. The summed E-state index contributed by atoms with van der Waals surface area (Å²) in [7, 11) is 0. The van der Waals surface area contributed by atoms with Crippen molar-refractivity contribution in [3.05, 3.63) is 89.5 Å². The van der Waals surface area contributed by atoms with Gasteiger partial charge >= 0.3 is 18.1 Å². The average molecular weight is 483 g/mol. The van der Waals surface area contributed by atoms with Crippen LogP contribution in [0, 0.1) is 0 Å². The van der Waals surface area contributed by atoms with Gasteiger partial charge in [0.2, 0.25) is 0 Å². The number of alkyl halides is 3. The van der Waals surface area contributed by atoms with Gasteiger partial charge in [0, 0.05) is 30.9 Å². The molecule has 0 unspecified atom stereocenters. The van der Waals surface area contributed by atoms with Crippen LogP contribution in [0.15, 0.2) is 72.8 Å². The van der Waals surface area contributed by atoms with E-state index in [1.54, 1.807) is 6.07 Å². The number of carbonyl (C=O) groups is 2. The lowest BCUT2D eigenvalue weighted by Gasteiger charge is -2.35. The van der Waals surface area contributed by atoms with Crippen LogP contribution >= 0.6 is 0 Å². The van der Waals surface area contributed by atoms with Gasteiger partial charge in [0.15, 0.2) is 0 Å². The highest BCUT2D eigenvalue weighted by molar-refractivity contribution is 6.00. The van der Waals surface area contributed by atoms with Gasteiger partial charge in [-0.3, -0.25) is 0 Å². The van der Waals surface area contributed by atoms with Gasteiger partial charge in [-0.15, -0.1) is 0 Å². The van der Waals surface area contributed by atoms with E-state index in [0.717, 1.165) is 29.5 Å². The molecule has 0 amide bonds. The molecule has 0 aromatic heterocycles. The standard InChI is InChI=1S/C27H25F3N2O3/c28-27(29,30)26(34)35-25(33)22-9-10-23(20-6-2-1-3-7-20)24(16-22)32-13-11-19(12-14-32)21-8-4-5-18(15-21)17-31/h1-10,15-16,19H,11-14,17,31H2. The van der Waals surface area contributed by atoms with Gasteiger partial charge in [-0.25, -0.2) is 9.59 Å². The van der Waals surface area contributed by atoms with Crippen LogP contribution in [0.4, 0.5) is 18.9 Å². The molecule has 4 rings (SSSR count). The Hall–Kier alpha value is -3.65. The van der Waals surface area contributed by atoms with Crippen molar-refractivity contribution in [2.75, 3.05) is 18.0 Å². The first-order chi connectivity index (χ1) is 16.8. The van der Waals surface area contributed by atoms with E-state index in [1.807, 2.05) is 42.5 Å². The number of benzene rings is 3. The first-order valence-electron chi connectivity index (χ1n) is 11.3. The maximum atomic E-state index is 12.6. The van der Waals surface area contributed by atoms with Crippen LogP contribution in [0.2, 0.25) is 0 Å². The van der Waals surface area contributed by atoms with E-state index in [0.29, 0.717) is 31.2 Å². The fourth-order valence-corrected chi connectivity index (χ4v) is 4.41. The predicted molar refractivity (Wildman–Crippen MR) is 127 cm³/mol. The third kappa shape index (κ3) is 5.71. The zero-order chi connectivity index (χ0) is 25.0. The lowest BCUT2D eigenvalue weighted by Crippen LogP contribution is -2.33. The molecule has 1 aliphatic heterocycles. The molecule has 8 heteroatoms. The zero-order valence-electron chi connectivity index (χ0n) is 18.9. The number of anilines is 1. The van der Waals surface area contributed by atoms with E-state index >= 15 is 0 Å². The molecule has 1 fully saturated rings. The highest BCUT2D eigenvalue weighted by Crippen LogP contribution is 2.37. The third-order valence-electron chi connectivity index (χ3n) is 6.23. The lowest BCUT2D eigenvalue weighted by atomic mass is 9.88. The molecular formula is C27H25F3N2O3. The molecular weight excluding hydrogens is 457 g/mol. The van der Waals surface area contributed by atoms with E-state index in [9.17, 15) is 22.8 Å². The Morgan fingerprint density at radius 1 is 0.943 bits per heavy atom. The SMILES string of the molecule is NCc1cccc(C2CCN(c3cc(C(=O)OC(=O)C(F)(F)F)ccc3-c3ccccc3)CC2)c1. The minimum Gasteiger partial charge on any atom is -0.383 e. The van der Waals surface area contributed by atoms with Crippen LogP contribution in [0.5, 0.6) is 0 Å². The number of carbonyl (C=O) groups excluding carboxylic acids is 2. The van der Waals surface area contributed by atoms with Crippen molar-refractivity contribution in [2.24, 2.45) is 5.73 Å². The lowest BCUT2D eigenvalue weighted by molar-refractivity contribution is -0.193. The van der Waals surface area contributed by atoms with Crippen molar-refractivity contribution in [1.82, 2.24) is 0 Å². The van der Waals surface area contributed by atoms with Crippen LogP contribution in [-0.2, 0) is 16.1 Å². The number of rotatable bonds is 5. The van der Waals surface area contributed by atoms with Gasteiger partial charge in [-0.05, 0) is 47.6 Å². The Balaban J connectivity index is 1.60. The first-order valence-corrected chi connectivity index (χ1v) is 11.3. The zero-order valence-corrected chi connectivity index (χ0v) is 18.9. The van der Waals surface area contributed by atoms with Crippen LogP contribution in [0.1, 0.15) is 40.2 Å². The molecule has 3 aromatic rings. The number of nitrogens with two attached hydrogens (primary N) is 1. The van der Waals surface area contributed by atoms with E-state index in [4.69, 9.17) is 5.73 Å². The molecule has 1 aliphatic rings. The minimum absolute atomic E-state index is 0.116. The van der Waals surface area contributed by atoms with Crippen molar-refractivity contribution in [3.63, 3.8) is 0 Å². The average Bonchev–Trinajstić information content (AvgIpc) is 2.88. The maximum absolute atomic E-state index is 12.6. The van der Waals surface area contributed by atoms with Crippen LogP contribution in [0.25, 0.3) is 11.1 Å². The summed E-state index contributed by atoms with van der Waals surface area (Å²) in [5.41, 5.74) is 10.4. The first kappa shape index (κ1) is 24.5. The Bertz CT molecular complexity index is 1200. The molecule has 5 nitrogen and oxygen atoms in total. The molecule has 0 saturated carbocycles. The highest BCUT2D eigenvalue weighted by Gasteiger charge is 2.42. The van der Waals surface area contributed by atoms with Gasteiger partial charge in [0.1, 0.15) is 0 Å². The smallest absolute Gasteiger partial charge is 0.383 e. The molecule has 0 bridgehead atoms. The molecule has 1 saturated heterocycles. The normalized spacial score (nSPS) is 14.6. The predicted octanol–water partition coefficient (Wildman–Crippen LogP) is 5.44. The summed E-state index contributed by atoms with van der Waals surface area (Å²) >= 11 is 0. The molecule has 0 aliphatic carbocycles. The van der Waals surface area contributed by atoms with Crippen molar-refractivity contribution in [2.45, 2.75) is 31.5 Å². The second-order valence-corrected chi connectivity index (χ2v) is 8.48. The van der Waals surface area contributed by atoms with Crippen molar-refractivity contribution in [3.8, 4) is 11.1 Å². The second-order valence-electron chi connectivity index (χ2n) is 8.48. The summed E-state index contributed by atoms with van der Waals surface area (Å²) in [6.45, 7) is 1.86. The van der Waals surface area contributed by atoms with Crippen molar-refractivity contribution in [1.29, 1.82) is 0 Å². The summed E-state index contributed by atoms with van der Waals surface area (Å²) in [6, 6.07) is 22.3. The minimum atomic E-state index is -5.24. The molecule has 0 atom stereocenters. The molecule has 0 radical (unpaired) electrons. The number of esters is 2. The molecule has 182 valence electrons. The van der Waals surface area contributed by atoms with Gasteiger partial charge < -0.3 is 15.4 Å². The van der Waals surface area contributed by atoms with E-state index < -0.39 is 18.1 Å². The van der Waals surface area contributed by atoms with Crippen LogP contribution in [0.3, 0.4) is 0 Å². The quantitative estimate of drug-likeness (QED) is 0.387. The number of hydrogen-bond acceptors (Lipinski definition) is 5. The summed E-state index contributed by atoms with van der Waals surface area (Å²) in [6.07, 6.45) is -3.52. The molecule has 1 heterocycles. The summed E-state index contributed by atoms with van der Waals surface area (Å²) < 4.78 is 41.7.